The van der Waals surface area contributed by atoms with Gasteiger partial charge in [0.25, 0.3) is 0 Å². The van der Waals surface area contributed by atoms with Crippen LogP contribution in [0.4, 0.5) is 16.0 Å². The Labute approximate surface area is 198 Å². The van der Waals surface area contributed by atoms with E-state index in [9.17, 15) is 4.39 Å². The summed E-state index contributed by atoms with van der Waals surface area (Å²) in [6.45, 7) is 3.94. The number of benzene rings is 2. The second kappa shape index (κ2) is 10.9. The highest BCUT2D eigenvalue weighted by Crippen LogP contribution is 2.23. The molecule has 1 aromatic heterocycles. The molecule has 1 aliphatic rings. The Kier molecular flexibility index (Phi) is 7.54. The summed E-state index contributed by atoms with van der Waals surface area (Å²) in [5, 5.41) is 10.9. The zero-order valence-corrected chi connectivity index (χ0v) is 19.2. The summed E-state index contributed by atoms with van der Waals surface area (Å²) in [7, 11) is 1.40. The molecule has 0 saturated carbocycles. The molecule has 2 heterocycles. The zero-order chi connectivity index (χ0) is 23.9. The number of halogens is 1. The van der Waals surface area contributed by atoms with Crippen molar-refractivity contribution in [2.45, 2.75) is 32.5 Å². The Morgan fingerprint density at radius 2 is 1.79 bits per heavy atom. The second-order valence-corrected chi connectivity index (χ2v) is 8.21. The first-order valence-corrected chi connectivity index (χ1v) is 11.2. The number of nitrogen functional groups attached to an aromatic ring is 1. The molecule has 34 heavy (non-hydrogen) atoms. The molecule has 2 aromatic carbocycles. The van der Waals surface area contributed by atoms with Crippen LogP contribution >= 0.6 is 0 Å². The smallest absolute Gasteiger partial charge is 0.320 e. The van der Waals surface area contributed by atoms with Crippen molar-refractivity contribution in [2.75, 3.05) is 31.2 Å². The number of likely N-dealkylation sites (tertiary alicyclic amines) is 1. The number of nitrogens with one attached hydrogen (secondary N) is 2. The fraction of sp³-hybridized carbons (Fsp3) is 0.320. The summed E-state index contributed by atoms with van der Waals surface area (Å²) in [4.78, 5) is 11.0. The van der Waals surface area contributed by atoms with Gasteiger partial charge in [-0.25, -0.2) is 4.39 Å². The van der Waals surface area contributed by atoms with Crippen molar-refractivity contribution in [3.05, 3.63) is 70.5 Å². The number of aromatic nitrogens is 2. The van der Waals surface area contributed by atoms with E-state index < -0.39 is 5.82 Å². The van der Waals surface area contributed by atoms with Crippen LogP contribution in [-0.4, -0.2) is 41.3 Å². The number of ether oxygens (including phenoxy) is 2. The van der Waals surface area contributed by atoms with Crippen LogP contribution in [-0.2, 0) is 19.7 Å². The molecule has 178 valence electrons. The van der Waals surface area contributed by atoms with Gasteiger partial charge in [-0.15, -0.1) is 0 Å². The molecule has 1 fully saturated rings. The summed E-state index contributed by atoms with van der Waals surface area (Å²) in [5.41, 5.74) is 9.50. The third kappa shape index (κ3) is 5.79. The minimum atomic E-state index is -0.447. The predicted molar refractivity (Wildman–Crippen MR) is 130 cm³/mol. The fourth-order valence-electron chi connectivity index (χ4n) is 3.90. The first-order chi connectivity index (χ1) is 16.6. The van der Waals surface area contributed by atoms with Gasteiger partial charge in [-0.3, -0.25) is 4.90 Å². The fourth-order valence-corrected chi connectivity index (χ4v) is 3.90. The lowest BCUT2D eigenvalue weighted by molar-refractivity contribution is 0.280. The lowest BCUT2D eigenvalue weighted by Crippen LogP contribution is -2.18. The molecular weight excluding hydrogens is 435 g/mol. The van der Waals surface area contributed by atoms with Crippen LogP contribution in [0.15, 0.2) is 42.5 Å². The number of hydrogen-bond donors (Lipinski definition) is 3. The molecule has 0 unspecified atom stereocenters. The third-order valence-corrected chi connectivity index (χ3v) is 5.77. The maximum absolute atomic E-state index is 13.6. The highest BCUT2D eigenvalue weighted by molar-refractivity contribution is 5.90. The Hall–Kier alpha value is -3.72. The van der Waals surface area contributed by atoms with Gasteiger partial charge >= 0.3 is 6.01 Å². The van der Waals surface area contributed by atoms with Gasteiger partial charge in [0, 0.05) is 19.3 Å². The number of hydrogen-bond acceptors (Lipinski definition) is 8. The number of nitrogens with zero attached hydrogens (tertiary/aromatic N) is 3. The Morgan fingerprint density at radius 1 is 1.09 bits per heavy atom. The monoisotopic (exact) mass is 464 g/mol. The minimum absolute atomic E-state index is 0.0647. The molecule has 4 N–H and O–H groups in total. The largest absolute Gasteiger partial charge is 0.494 e. The van der Waals surface area contributed by atoms with Gasteiger partial charge in [0.2, 0.25) is 0 Å². The Bertz CT molecular complexity index is 1130. The van der Waals surface area contributed by atoms with E-state index in [-0.39, 0.29) is 24.2 Å². The summed E-state index contributed by atoms with van der Waals surface area (Å²) in [6.07, 6.45) is 3.68. The number of methoxy groups -OCH3 is 1. The molecule has 0 atom stereocenters. The highest BCUT2D eigenvalue weighted by Gasteiger charge is 2.14. The van der Waals surface area contributed by atoms with Crippen molar-refractivity contribution in [2.24, 2.45) is 0 Å². The van der Waals surface area contributed by atoms with E-state index in [1.54, 1.807) is 12.1 Å². The number of nitrogens with two attached hydrogens (primary N) is 1. The first kappa shape index (κ1) is 23.4. The van der Waals surface area contributed by atoms with E-state index in [4.69, 9.17) is 20.6 Å². The predicted octanol–water partition coefficient (Wildman–Crippen LogP) is 3.99. The first-order valence-electron chi connectivity index (χ1n) is 11.2. The molecule has 1 aliphatic heterocycles. The van der Waals surface area contributed by atoms with Crippen LogP contribution in [0.25, 0.3) is 0 Å². The molecule has 9 heteroatoms. The topological polar surface area (TPSA) is 109 Å². The van der Waals surface area contributed by atoms with Gasteiger partial charge < -0.3 is 25.9 Å². The normalized spacial score (nSPS) is 13.6. The lowest BCUT2D eigenvalue weighted by atomic mass is 10.1. The van der Waals surface area contributed by atoms with E-state index in [0.717, 1.165) is 18.3 Å². The van der Waals surface area contributed by atoms with Crippen molar-refractivity contribution >= 4 is 17.9 Å². The van der Waals surface area contributed by atoms with Gasteiger partial charge in [-0.1, -0.05) is 30.3 Å². The van der Waals surface area contributed by atoms with E-state index >= 15 is 0 Å². The molecule has 1 saturated heterocycles. The molecule has 0 radical (unpaired) electrons. The molecule has 3 aromatic rings. The lowest BCUT2D eigenvalue weighted by Gasteiger charge is -2.15. The summed E-state index contributed by atoms with van der Waals surface area (Å²) >= 11 is 0. The van der Waals surface area contributed by atoms with Gasteiger partial charge in [0.1, 0.15) is 18.2 Å². The SMILES string of the molecule is COc1cc(COc2nc(N)c(C=N)c(NCc3ccc(CN4CCCC4)cc3)n2)ccc1F. The quantitative estimate of drug-likeness (QED) is 0.389. The summed E-state index contributed by atoms with van der Waals surface area (Å²) < 4.78 is 24.3. The van der Waals surface area contributed by atoms with Crippen LogP contribution in [0, 0.1) is 11.2 Å². The Balaban J connectivity index is 1.41. The van der Waals surface area contributed by atoms with Gasteiger partial charge in [-0.2, -0.15) is 9.97 Å². The molecule has 0 amide bonds. The highest BCUT2D eigenvalue weighted by atomic mass is 19.1. The van der Waals surface area contributed by atoms with Crippen molar-refractivity contribution in [1.82, 2.24) is 14.9 Å². The van der Waals surface area contributed by atoms with Crippen molar-refractivity contribution < 1.29 is 13.9 Å². The summed E-state index contributed by atoms with van der Waals surface area (Å²) in [6, 6.07) is 13.0. The molecular formula is C25H29FN6O2. The second-order valence-electron chi connectivity index (χ2n) is 8.21. The molecule has 8 nitrogen and oxygen atoms in total. The number of anilines is 2. The van der Waals surface area contributed by atoms with E-state index in [1.807, 2.05) is 0 Å². The Morgan fingerprint density at radius 3 is 2.50 bits per heavy atom. The maximum Gasteiger partial charge on any atom is 0.320 e. The van der Waals surface area contributed by atoms with E-state index in [2.05, 4.69) is 44.5 Å². The molecule has 4 rings (SSSR count). The van der Waals surface area contributed by atoms with E-state index in [0.29, 0.717) is 23.5 Å². The average molecular weight is 465 g/mol. The van der Waals surface area contributed by atoms with E-state index in [1.165, 1.54) is 44.7 Å². The molecule has 0 aliphatic carbocycles. The minimum Gasteiger partial charge on any atom is -0.494 e. The molecule has 0 bridgehead atoms. The average Bonchev–Trinajstić information content (AvgIpc) is 3.36. The van der Waals surface area contributed by atoms with Crippen molar-refractivity contribution in [3.63, 3.8) is 0 Å². The van der Waals surface area contributed by atoms with Gasteiger partial charge in [0.05, 0.1) is 12.7 Å². The van der Waals surface area contributed by atoms with Gasteiger partial charge in [-0.05, 0) is 54.8 Å². The van der Waals surface area contributed by atoms with Crippen LogP contribution in [0.1, 0.15) is 35.1 Å². The van der Waals surface area contributed by atoms with Crippen molar-refractivity contribution in [1.29, 1.82) is 5.41 Å². The van der Waals surface area contributed by atoms with Crippen molar-refractivity contribution in [3.8, 4) is 11.8 Å². The van der Waals surface area contributed by atoms with Crippen LogP contribution in [0.3, 0.4) is 0 Å². The van der Waals surface area contributed by atoms with Crippen LogP contribution < -0.4 is 20.5 Å². The molecule has 0 spiro atoms. The summed E-state index contributed by atoms with van der Waals surface area (Å²) in [5.74, 6) is 0.239. The van der Waals surface area contributed by atoms with Gasteiger partial charge in [0.15, 0.2) is 11.6 Å². The van der Waals surface area contributed by atoms with Crippen LogP contribution in [0.2, 0.25) is 0 Å². The zero-order valence-electron chi connectivity index (χ0n) is 19.2. The van der Waals surface area contributed by atoms with Crippen LogP contribution in [0.5, 0.6) is 11.8 Å². The maximum atomic E-state index is 13.6. The number of rotatable bonds is 10. The standard InChI is InChI=1S/C25H29FN6O2/c1-33-22-12-19(8-9-21(22)26)16-34-25-30-23(28)20(13-27)24(31-25)29-14-17-4-6-18(7-5-17)15-32-10-2-3-11-32/h4-9,12-13,27H,2-3,10-11,14-16H2,1H3,(H3,28,29,30,31). The third-order valence-electron chi connectivity index (χ3n) is 5.77.